The third kappa shape index (κ3) is 3.09. The van der Waals surface area contributed by atoms with E-state index in [-0.39, 0.29) is 11.9 Å². The number of hydrogen-bond donors (Lipinski definition) is 0. The van der Waals surface area contributed by atoms with Gasteiger partial charge < -0.3 is 4.90 Å². The summed E-state index contributed by atoms with van der Waals surface area (Å²) in [6.07, 6.45) is 1.66. The summed E-state index contributed by atoms with van der Waals surface area (Å²) in [5, 5.41) is 8.89. The average Bonchev–Trinajstić information content (AvgIpc) is 2.46. The summed E-state index contributed by atoms with van der Waals surface area (Å²) in [7, 11) is 0. The molecule has 0 aromatic carbocycles. The van der Waals surface area contributed by atoms with Gasteiger partial charge in [-0.3, -0.25) is 14.7 Å². The molecule has 2 heterocycles. The molecule has 1 aliphatic heterocycles. The van der Waals surface area contributed by atoms with Crippen LogP contribution in [0.5, 0.6) is 0 Å². The summed E-state index contributed by atoms with van der Waals surface area (Å²) in [6.45, 7) is 6.63. The monoisotopic (exact) mass is 258 g/mol. The normalized spacial score (nSPS) is 17.8. The van der Waals surface area contributed by atoms with E-state index >= 15 is 0 Å². The van der Waals surface area contributed by atoms with Crippen LogP contribution in [0.3, 0.4) is 0 Å². The zero-order valence-electron chi connectivity index (χ0n) is 11.3. The van der Waals surface area contributed by atoms with Crippen LogP contribution in [0, 0.1) is 18.3 Å². The van der Waals surface area contributed by atoms with Gasteiger partial charge in [0.2, 0.25) is 0 Å². The van der Waals surface area contributed by atoms with Gasteiger partial charge in [0.25, 0.3) is 5.91 Å². The van der Waals surface area contributed by atoms with Crippen molar-refractivity contribution >= 4 is 5.91 Å². The number of amides is 1. The van der Waals surface area contributed by atoms with E-state index < -0.39 is 0 Å². The van der Waals surface area contributed by atoms with Crippen molar-refractivity contribution in [3.05, 3.63) is 29.6 Å². The second-order valence-corrected chi connectivity index (χ2v) is 4.82. The van der Waals surface area contributed by atoms with Gasteiger partial charge in [-0.1, -0.05) is 0 Å². The summed E-state index contributed by atoms with van der Waals surface area (Å²) in [6, 6.07) is 5.71. The number of piperazine rings is 1. The van der Waals surface area contributed by atoms with E-state index in [9.17, 15) is 4.79 Å². The fourth-order valence-corrected chi connectivity index (χ4v) is 2.26. The van der Waals surface area contributed by atoms with Crippen molar-refractivity contribution in [2.75, 3.05) is 26.2 Å². The largest absolute Gasteiger partial charge is 0.336 e. The predicted octanol–water partition coefficient (Wildman–Crippen LogP) is 1.06. The van der Waals surface area contributed by atoms with Crippen LogP contribution in [0.1, 0.15) is 23.0 Å². The zero-order valence-corrected chi connectivity index (χ0v) is 11.3. The number of rotatable bonds is 2. The topological polar surface area (TPSA) is 60.2 Å². The van der Waals surface area contributed by atoms with Crippen molar-refractivity contribution < 1.29 is 4.79 Å². The lowest BCUT2D eigenvalue weighted by molar-refractivity contribution is 0.0615. The Bertz CT molecular complexity index is 500. The third-order valence-electron chi connectivity index (χ3n) is 3.48. The summed E-state index contributed by atoms with van der Waals surface area (Å²) in [5.41, 5.74) is 1.54. The van der Waals surface area contributed by atoms with Gasteiger partial charge in [-0.2, -0.15) is 5.26 Å². The highest BCUT2D eigenvalue weighted by Gasteiger charge is 2.24. The molecule has 19 heavy (non-hydrogen) atoms. The number of carbonyl (C=O) groups is 1. The van der Waals surface area contributed by atoms with Gasteiger partial charge in [-0.05, 0) is 26.0 Å². The number of carbonyl (C=O) groups excluding carboxylic acids is 1. The molecule has 5 nitrogen and oxygen atoms in total. The molecule has 1 atom stereocenters. The third-order valence-corrected chi connectivity index (χ3v) is 3.48. The number of hydrogen-bond acceptors (Lipinski definition) is 4. The Morgan fingerprint density at radius 3 is 2.68 bits per heavy atom. The average molecular weight is 258 g/mol. The van der Waals surface area contributed by atoms with Gasteiger partial charge in [-0.15, -0.1) is 0 Å². The number of aromatic nitrogens is 1. The van der Waals surface area contributed by atoms with Crippen molar-refractivity contribution in [2.45, 2.75) is 19.9 Å². The van der Waals surface area contributed by atoms with Crippen LogP contribution in [0.15, 0.2) is 18.3 Å². The highest BCUT2D eigenvalue weighted by Crippen LogP contribution is 2.11. The lowest BCUT2D eigenvalue weighted by Crippen LogP contribution is -2.51. The minimum atomic E-state index is -0.0829. The highest BCUT2D eigenvalue weighted by molar-refractivity contribution is 5.94. The summed E-state index contributed by atoms with van der Waals surface area (Å²) < 4.78 is 0. The molecule has 0 N–H and O–H groups in total. The molecule has 2 rings (SSSR count). The van der Waals surface area contributed by atoms with Crippen molar-refractivity contribution in [1.29, 1.82) is 5.26 Å². The molecule has 1 aromatic rings. The van der Waals surface area contributed by atoms with Crippen LogP contribution in [0.2, 0.25) is 0 Å². The van der Waals surface area contributed by atoms with Gasteiger partial charge in [0.1, 0.15) is 0 Å². The molecule has 0 bridgehead atoms. The number of nitrogens with zero attached hydrogens (tertiary/aromatic N) is 4. The molecule has 5 heteroatoms. The Kier molecular flexibility index (Phi) is 4.13. The quantitative estimate of drug-likeness (QED) is 0.796. The molecule has 1 saturated heterocycles. The lowest BCUT2D eigenvalue weighted by atomic mass is 10.2. The first kappa shape index (κ1) is 13.5. The van der Waals surface area contributed by atoms with Crippen LogP contribution in [-0.4, -0.2) is 52.9 Å². The molecule has 1 unspecified atom stereocenters. The number of pyridine rings is 1. The highest BCUT2D eigenvalue weighted by atomic mass is 16.2. The summed E-state index contributed by atoms with van der Waals surface area (Å²) >= 11 is 0. The van der Waals surface area contributed by atoms with Gasteiger partial charge in [0.05, 0.1) is 12.1 Å². The van der Waals surface area contributed by atoms with E-state index in [1.54, 1.807) is 12.3 Å². The Morgan fingerprint density at radius 2 is 2.11 bits per heavy atom. The molecule has 1 aliphatic rings. The van der Waals surface area contributed by atoms with Crippen LogP contribution >= 0.6 is 0 Å². The molecule has 100 valence electrons. The minimum absolute atomic E-state index is 0.0507. The van der Waals surface area contributed by atoms with Crippen LogP contribution < -0.4 is 0 Å². The van der Waals surface area contributed by atoms with E-state index in [2.05, 4.69) is 16.0 Å². The fraction of sp³-hybridized carbons (Fsp3) is 0.500. The van der Waals surface area contributed by atoms with E-state index in [0.29, 0.717) is 18.7 Å². The Morgan fingerprint density at radius 1 is 1.42 bits per heavy atom. The van der Waals surface area contributed by atoms with Crippen LogP contribution in [0.25, 0.3) is 0 Å². The van der Waals surface area contributed by atoms with Gasteiger partial charge in [0, 0.05) is 43.6 Å². The van der Waals surface area contributed by atoms with Crippen molar-refractivity contribution in [3.63, 3.8) is 0 Å². The van der Waals surface area contributed by atoms with Crippen LogP contribution in [0.4, 0.5) is 0 Å². The Labute approximate surface area is 113 Å². The van der Waals surface area contributed by atoms with Gasteiger partial charge >= 0.3 is 0 Å². The second-order valence-electron chi connectivity index (χ2n) is 4.82. The van der Waals surface area contributed by atoms with Crippen molar-refractivity contribution in [1.82, 2.24) is 14.8 Å². The Hall–Kier alpha value is -1.93. The zero-order chi connectivity index (χ0) is 13.8. The Balaban J connectivity index is 1.98. The molecule has 0 saturated carbocycles. The maximum Gasteiger partial charge on any atom is 0.254 e. The van der Waals surface area contributed by atoms with E-state index in [0.717, 1.165) is 18.8 Å². The maximum atomic E-state index is 12.3. The molecule has 1 amide bonds. The first-order valence-corrected chi connectivity index (χ1v) is 6.47. The maximum absolute atomic E-state index is 12.3. The molecule has 0 spiro atoms. The van der Waals surface area contributed by atoms with Crippen molar-refractivity contribution in [2.24, 2.45) is 0 Å². The number of aryl methyl sites for hydroxylation is 1. The van der Waals surface area contributed by atoms with Crippen LogP contribution in [-0.2, 0) is 0 Å². The van der Waals surface area contributed by atoms with Gasteiger partial charge in [0.15, 0.2) is 0 Å². The molecule has 1 aromatic heterocycles. The molecular weight excluding hydrogens is 240 g/mol. The second kappa shape index (κ2) is 5.81. The first-order valence-electron chi connectivity index (χ1n) is 6.47. The summed E-state index contributed by atoms with van der Waals surface area (Å²) in [4.78, 5) is 20.4. The molecular formula is C14H18N4O. The van der Waals surface area contributed by atoms with Crippen molar-refractivity contribution in [3.8, 4) is 6.07 Å². The lowest BCUT2D eigenvalue weighted by Gasteiger charge is -2.35. The fourth-order valence-electron chi connectivity index (χ4n) is 2.26. The smallest absolute Gasteiger partial charge is 0.254 e. The molecule has 0 radical (unpaired) electrons. The predicted molar refractivity (Wildman–Crippen MR) is 71.5 cm³/mol. The number of nitriles is 1. The van der Waals surface area contributed by atoms with Gasteiger partial charge in [-0.25, -0.2) is 0 Å². The van der Waals surface area contributed by atoms with E-state index in [1.165, 1.54) is 0 Å². The van der Waals surface area contributed by atoms with E-state index in [1.807, 2.05) is 24.8 Å². The molecule has 0 aliphatic carbocycles. The summed E-state index contributed by atoms with van der Waals surface area (Å²) in [5.74, 6) is 0.0507. The standard InChI is InChI=1S/C14H18N4O/c1-11-9-13(3-4-16-11)14(19)18-7-5-17(6-8-18)12(2)10-15/h3-4,9,12H,5-8H2,1-2H3. The minimum Gasteiger partial charge on any atom is -0.336 e. The SMILES string of the molecule is Cc1cc(C(=O)N2CCN(C(C)C#N)CC2)ccn1. The first-order chi connectivity index (χ1) is 9.11. The van der Waals surface area contributed by atoms with E-state index in [4.69, 9.17) is 5.26 Å². The molecule has 1 fully saturated rings.